The van der Waals surface area contributed by atoms with Crippen molar-refractivity contribution in [3.05, 3.63) is 28.7 Å². The first-order valence-electron chi connectivity index (χ1n) is 2.91. The van der Waals surface area contributed by atoms with Crippen LogP contribution in [-0.2, 0) is 0 Å². The molecular formula is C7H6BrNOSe. The zero-order chi connectivity index (χ0) is 8.27. The van der Waals surface area contributed by atoms with E-state index in [2.05, 4.69) is 15.9 Å². The molecule has 2 nitrogen and oxygen atoms in total. The van der Waals surface area contributed by atoms with Crippen molar-refractivity contribution < 1.29 is 4.79 Å². The van der Waals surface area contributed by atoms with Gasteiger partial charge in [0.25, 0.3) is 0 Å². The standard InChI is InChI=1S/C7H6BrNOSe/c8-5-1-3-6(4-2-5)11-7(9)10/h1-4H,(H2,9,10). The Morgan fingerprint density at radius 2 is 1.91 bits per heavy atom. The van der Waals surface area contributed by atoms with E-state index in [-0.39, 0.29) is 19.8 Å². The van der Waals surface area contributed by atoms with Crippen molar-refractivity contribution in [1.29, 1.82) is 0 Å². The number of nitrogens with two attached hydrogens (primary N) is 1. The Bertz CT molecular complexity index is 260. The summed E-state index contributed by atoms with van der Waals surface area (Å²) in [5.74, 6) is 0. The van der Waals surface area contributed by atoms with Crippen LogP contribution >= 0.6 is 15.9 Å². The van der Waals surface area contributed by atoms with Crippen LogP contribution in [-0.4, -0.2) is 19.8 Å². The molecule has 0 bridgehead atoms. The Labute approximate surface area is 79.4 Å². The molecule has 1 rings (SSSR count). The summed E-state index contributed by atoms with van der Waals surface area (Å²) >= 11 is 3.08. The first kappa shape index (κ1) is 8.78. The van der Waals surface area contributed by atoms with E-state index in [4.69, 9.17) is 5.73 Å². The number of carbonyl (C=O) groups is 1. The van der Waals surface area contributed by atoms with Crippen LogP contribution in [0.1, 0.15) is 0 Å². The third-order valence-corrected chi connectivity index (χ3v) is 3.05. The first-order chi connectivity index (χ1) is 5.18. The van der Waals surface area contributed by atoms with Crippen LogP contribution in [0.15, 0.2) is 28.7 Å². The second kappa shape index (κ2) is 3.90. The molecule has 4 heteroatoms. The molecule has 0 aromatic heterocycles. The predicted molar refractivity (Wildman–Crippen MR) is 49.1 cm³/mol. The molecule has 0 fully saturated rings. The minimum absolute atomic E-state index is 0.222. The second-order valence-corrected chi connectivity index (χ2v) is 5.05. The van der Waals surface area contributed by atoms with Crippen LogP contribution < -0.4 is 10.2 Å². The van der Waals surface area contributed by atoms with Crippen LogP contribution in [0, 0.1) is 0 Å². The fourth-order valence-electron chi connectivity index (χ4n) is 0.619. The Hall–Kier alpha value is -0.311. The van der Waals surface area contributed by atoms with E-state index >= 15 is 0 Å². The van der Waals surface area contributed by atoms with Gasteiger partial charge in [0.05, 0.1) is 0 Å². The van der Waals surface area contributed by atoms with E-state index in [0.717, 1.165) is 8.93 Å². The molecule has 0 radical (unpaired) electrons. The van der Waals surface area contributed by atoms with Crippen LogP contribution in [0.25, 0.3) is 0 Å². The van der Waals surface area contributed by atoms with Gasteiger partial charge in [0.15, 0.2) is 0 Å². The van der Waals surface area contributed by atoms with Gasteiger partial charge in [-0.15, -0.1) is 0 Å². The van der Waals surface area contributed by atoms with E-state index in [0.29, 0.717) is 0 Å². The number of hydrogen-bond donors (Lipinski definition) is 1. The molecule has 0 saturated carbocycles. The maximum atomic E-state index is 10.5. The molecule has 0 aliphatic carbocycles. The minimum atomic E-state index is -0.236. The Morgan fingerprint density at radius 1 is 1.36 bits per heavy atom. The van der Waals surface area contributed by atoms with Crippen LogP contribution in [0.3, 0.4) is 0 Å². The summed E-state index contributed by atoms with van der Waals surface area (Å²) < 4.78 is 2.02. The average Bonchev–Trinajstić information content (AvgIpc) is 1.93. The average molecular weight is 279 g/mol. The van der Waals surface area contributed by atoms with Gasteiger partial charge >= 0.3 is 79.4 Å². The van der Waals surface area contributed by atoms with Crippen LogP contribution in [0.4, 0.5) is 4.79 Å². The number of halogens is 1. The van der Waals surface area contributed by atoms with E-state index in [1.165, 1.54) is 0 Å². The van der Waals surface area contributed by atoms with Crippen molar-refractivity contribution in [2.45, 2.75) is 0 Å². The van der Waals surface area contributed by atoms with Gasteiger partial charge in [-0.1, -0.05) is 0 Å². The molecule has 0 atom stereocenters. The number of rotatable bonds is 2. The van der Waals surface area contributed by atoms with E-state index < -0.39 is 0 Å². The number of primary amides is 1. The number of hydrogen-bond acceptors (Lipinski definition) is 1. The zero-order valence-electron chi connectivity index (χ0n) is 5.58. The zero-order valence-corrected chi connectivity index (χ0v) is 8.88. The SMILES string of the molecule is NC(=O)[Se]c1ccc(Br)cc1. The van der Waals surface area contributed by atoms with Gasteiger partial charge in [-0.25, -0.2) is 0 Å². The molecule has 2 N–H and O–H groups in total. The fourth-order valence-corrected chi connectivity index (χ4v) is 1.94. The van der Waals surface area contributed by atoms with Gasteiger partial charge in [0.1, 0.15) is 0 Å². The van der Waals surface area contributed by atoms with Gasteiger partial charge in [0.2, 0.25) is 0 Å². The molecular weight excluding hydrogens is 273 g/mol. The normalized spacial score (nSPS) is 9.55. The van der Waals surface area contributed by atoms with Gasteiger partial charge in [-0.3, -0.25) is 0 Å². The molecule has 1 aromatic carbocycles. The molecule has 0 aliphatic rings. The molecule has 0 unspecified atom stereocenters. The Balaban J connectivity index is 2.74. The predicted octanol–water partition coefficient (Wildman–Crippen LogP) is 0.857. The summed E-state index contributed by atoms with van der Waals surface area (Å²) in [5.41, 5.74) is 5.04. The molecule has 11 heavy (non-hydrogen) atoms. The van der Waals surface area contributed by atoms with Gasteiger partial charge in [0, 0.05) is 0 Å². The molecule has 1 amide bonds. The molecule has 58 valence electrons. The molecule has 1 aromatic rings. The topological polar surface area (TPSA) is 43.1 Å². The third-order valence-electron chi connectivity index (χ3n) is 1.03. The van der Waals surface area contributed by atoms with Crippen LogP contribution in [0.5, 0.6) is 0 Å². The van der Waals surface area contributed by atoms with Gasteiger partial charge in [-0.2, -0.15) is 0 Å². The van der Waals surface area contributed by atoms with Crippen LogP contribution in [0.2, 0.25) is 0 Å². The summed E-state index contributed by atoms with van der Waals surface area (Å²) in [6.07, 6.45) is 0. The summed E-state index contributed by atoms with van der Waals surface area (Å²) in [6.45, 7) is 0. The summed E-state index contributed by atoms with van der Waals surface area (Å²) in [6, 6.07) is 7.60. The second-order valence-electron chi connectivity index (χ2n) is 1.88. The Kier molecular flexibility index (Phi) is 3.12. The molecule has 0 heterocycles. The van der Waals surface area contributed by atoms with E-state index in [1.807, 2.05) is 24.3 Å². The number of benzene rings is 1. The van der Waals surface area contributed by atoms with E-state index in [9.17, 15) is 4.79 Å². The maximum absolute atomic E-state index is 10.5. The van der Waals surface area contributed by atoms with Gasteiger partial charge in [-0.05, 0) is 0 Å². The first-order valence-corrected chi connectivity index (χ1v) is 5.42. The van der Waals surface area contributed by atoms with E-state index in [1.54, 1.807) is 0 Å². The number of amides is 1. The third kappa shape index (κ3) is 3.06. The van der Waals surface area contributed by atoms with Crippen molar-refractivity contribution >= 4 is 40.2 Å². The molecule has 0 spiro atoms. The monoisotopic (exact) mass is 279 g/mol. The van der Waals surface area contributed by atoms with Crippen molar-refractivity contribution in [2.24, 2.45) is 5.73 Å². The summed E-state index contributed by atoms with van der Waals surface area (Å²) in [5, 5.41) is 0. The quantitative estimate of drug-likeness (QED) is 0.801. The fraction of sp³-hybridized carbons (Fsp3) is 0. The summed E-state index contributed by atoms with van der Waals surface area (Å²) in [7, 11) is 0. The van der Waals surface area contributed by atoms with Crippen molar-refractivity contribution in [1.82, 2.24) is 0 Å². The van der Waals surface area contributed by atoms with Crippen molar-refractivity contribution in [3.8, 4) is 0 Å². The number of carbonyl (C=O) groups excluding carboxylic acids is 1. The van der Waals surface area contributed by atoms with Crippen molar-refractivity contribution in [2.75, 3.05) is 0 Å². The van der Waals surface area contributed by atoms with Crippen molar-refractivity contribution in [3.63, 3.8) is 0 Å². The Morgan fingerprint density at radius 3 is 2.36 bits per heavy atom. The molecule has 0 saturated heterocycles. The molecule has 0 aliphatic heterocycles. The van der Waals surface area contributed by atoms with Gasteiger partial charge < -0.3 is 0 Å². The summed E-state index contributed by atoms with van der Waals surface area (Å²) in [4.78, 5) is 10.3.